The zero-order valence-corrected chi connectivity index (χ0v) is 15.2. The summed E-state index contributed by atoms with van der Waals surface area (Å²) in [7, 11) is 0. The molecule has 0 aromatic heterocycles. The Labute approximate surface area is 131 Å². The van der Waals surface area contributed by atoms with Gasteiger partial charge in [-0.15, -0.1) is 0 Å². The van der Waals surface area contributed by atoms with Crippen LogP contribution in [0.2, 0.25) is 0 Å². The van der Waals surface area contributed by atoms with Gasteiger partial charge in [-0.1, -0.05) is 32.9 Å². The average Bonchev–Trinajstić information content (AvgIpc) is 2.36. The lowest BCUT2D eigenvalue weighted by Crippen LogP contribution is -2.94. The van der Waals surface area contributed by atoms with Gasteiger partial charge in [0.25, 0.3) is 0 Å². The van der Waals surface area contributed by atoms with Crippen molar-refractivity contribution in [2.24, 2.45) is 5.41 Å². The van der Waals surface area contributed by atoms with Crippen LogP contribution in [-0.4, -0.2) is 18.6 Å². The molecule has 0 aliphatic rings. The van der Waals surface area contributed by atoms with Crippen molar-refractivity contribution in [1.29, 1.82) is 0 Å². The highest BCUT2D eigenvalue weighted by molar-refractivity contribution is 5.47. The predicted molar refractivity (Wildman–Crippen MR) is 93.8 cm³/mol. The van der Waals surface area contributed by atoms with E-state index >= 15 is 0 Å². The van der Waals surface area contributed by atoms with Crippen LogP contribution < -0.4 is 10.2 Å². The number of hydrogen-bond donors (Lipinski definition) is 1. The van der Waals surface area contributed by atoms with Crippen molar-refractivity contribution in [3.63, 3.8) is 0 Å². The predicted octanol–water partition coefficient (Wildman–Crippen LogP) is 3.81. The minimum atomic E-state index is 0.287. The maximum Gasteiger partial charge on any atom is 0.102 e. The van der Waals surface area contributed by atoms with Crippen molar-refractivity contribution >= 4 is 5.69 Å². The summed E-state index contributed by atoms with van der Waals surface area (Å²) < 4.78 is 0. The Balaban J connectivity index is 2.60. The maximum atomic E-state index is 2.48. The molecule has 0 spiro atoms. The van der Waals surface area contributed by atoms with Crippen molar-refractivity contribution < 1.29 is 5.32 Å². The first-order valence-corrected chi connectivity index (χ1v) is 8.35. The molecule has 0 atom stereocenters. The van der Waals surface area contributed by atoms with Gasteiger partial charge in [0.15, 0.2) is 0 Å². The summed E-state index contributed by atoms with van der Waals surface area (Å²) in [5.41, 5.74) is 3.41. The number of benzene rings is 1. The molecule has 2 nitrogen and oxygen atoms in total. The molecule has 0 heterocycles. The van der Waals surface area contributed by atoms with Gasteiger partial charge in [0.2, 0.25) is 0 Å². The van der Waals surface area contributed by atoms with Gasteiger partial charge in [0.05, 0.1) is 5.54 Å². The zero-order chi connectivity index (χ0) is 16.1. The number of rotatable bonds is 7. The number of nitrogens with two attached hydrogens (primary N) is 1. The fourth-order valence-electron chi connectivity index (χ4n) is 3.26. The van der Waals surface area contributed by atoms with E-state index in [1.807, 2.05) is 0 Å². The van der Waals surface area contributed by atoms with Crippen LogP contribution in [0.3, 0.4) is 0 Å². The number of anilines is 1. The van der Waals surface area contributed by atoms with Gasteiger partial charge >= 0.3 is 0 Å². The third kappa shape index (κ3) is 6.52. The quantitative estimate of drug-likeness (QED) is 0.810. The van der Waals surface area contributed by atoms with E-state index in [4.69, 9.17) is 0 Å². The minimum absolute atomic E-state index is 0.287. The molecule has 0 saturated heterocycles. The monoisotopic (exact) mass is 291 g/mol. The third-order valence-corrected chi connectivity index (χ3v) is 3.94. The molecule has 0 aliphatic carbocycles. The molecule has 21 heavy (non-hydrogen) atoms. The van der Waals surface area contributed by atoms with Crippen LogP contribution in [0.5, 0.6) is 0 Å². The standard InChI is InChI=1S/C19H34N2/c1-8-21(9-2)17-12-10-16(11-13-17)14-20-19(6,7)15-18(3,4)5/h10-13,20H,8-9,14-15H2,1-7H3/p+1. The molecule has 0 amide bonds. The first-order valence-electron chi connectivity index (χ1n) is 8.35. The van der Waals surface area contributed by atoms with Crippen molar-refractivity contribution in [2.75, 3.05) is 18.0 Å². The Kier molecular flexibility index (Phi) is 6.27. The highest BCUT2D eigenvalue weighted by Gasteiger charge is 2.28. The molecule has 120 valence electrons. The van der Waals surface area contributed by atoms with Crippen LogP contribution >= 0.6 is 0 Å². The molecule has 1 aromatic carbocycles. The normalized spacial score (nSPS) is 12.5. The van der Waals surface area contributed by atoms with Crippen molar-refractivity contribution in [3.8, 4) is 0 Å². The van der Waals surface area contributed by atoms with Crippen LogP contribution in [0.1, 0.15) is 60.5 Å². The van der Waals surface area contributed by atoms with Gasteiger partial charge in [-0.3, -0.25) is 0 Å². The Hall–Kier alpha value is -1.02. The molecular weight excluding hydrogens is 256 g/mol. The van der Waals surface area contributed by atoms with Gasteiger partial charge in [0.1, 0.15) is 6.54 Å². The van der Waals surface area contributed by atoms with E-state index in [9.17, 15) is 0 Å². The summed E-state index contributed by atoms with van der Waals surface area (Å²) in [6.45, 7) is 19.3. The molecule has 2 N–H and O–H groups in total. The molecule has 1 rings (SSSR count). The third-order valence-electron chi connectivity index (χ3n) is 3.94. The summed E-state index contributed by atoms with van der Waals surface area (Å²) in [6.07, 6.45) is 1.22. The first kappa shape index (κ1) is 18.0. The Morgan fingerprint density at radius 2 is 1.43 bits per heavy atom. The highest BCUT2D eigenvalue weighted by atomic mass is 15.1. The van der Waals surface area contributed by atoms with Crippen LogP contribution in [0.15, 0.2) is 24.3 Å². The molecular formula is C19H35N2+. The molecule has 0 bridgehead atoms. The topological polar surface area (TPSA) is 19.9 Å². The van der Waals surface area contributed by atoms with E-state index < -0.39 is 0 Å². The number of hydrogen-bond acceptors (Lipinski definition) is 1. The van der Waals surface area contributed by atoms with Crippen LogP contribution in [0.25, 0.3) is 0 Å². The van der Waals surface area contributed by atoms with E-state index in [1.54, 1.807) is 0 Å². The molecule has 0 unspecified atom stereocenters. The van der Waals surface area contributed by atoms with Gasteiger partial charge in [-0.05, 0) is 45.2 Å². The van der Waals surface area contributed by atoms with Crippen molar-refractivity contribution in [2.45, 2.75) is 67.0 Å². The molecule has 0 radical (unpaired) electrons. The van der Waals surface area contributed by atoms with Gasteiger partial charge in [0, 0.05) is 30.8 Å². The summed E-state index contributed by atoms with van der Waals surface area (Å²) in [5, 5.41) is 2.48. The molecule has 0 aliphatic heterocycles. The Morgan fingerprint density at radius 1 is 0.905 bits per heavy atom. The Morgan fingerprint density at radius 3 is 1.86 bits per heavy atom. The second kappa shape index (κ2) is 7.31. The van der Waals surface area contributed by atoms with Crippen LogP contribution in [-0.2, 0) is 6.54 Å². The zero-order valence-electron chi connectivity index (χ0n) is 15.2. The lowest BCUT2D eigenvalue weighted by atomic mass is 9.82. The summed E-state index contributed by atoms with van der Waals surface area (Å²) in [6, 6.07) is 9.06. The van der Waals surface area contributed by atoms with E-state index in [-0.39, 0.29) is 5.54 Å². The van der Waals surface area contributed by atoms with E-state index in [0.717, 1.165) is 19.6 Å². The SMILES string of the molecule is CCN(CC)c1ccc(C[NH2+]C(C)(C)CC(C)(C)C)cc1. The van der Waals surface area contributed by atoms with Crippen molar-refractivity contribution in [1.82, 2.24) is 0 Å². The minimum Gasteiger partial charge on any atom is -0.372 e. The lowest BCUT2D eigenvalue weighted by Gasteiger charge is -2.30. The van der Waals surface area contributed by atoms with E-state index in [2.05, 4.69) is 82.9 Å². The number of quaternary nitrogens is 1. The van der Waals surface area contributed by atoms with Gasteiger partial charge < -0.3 is 10.2 Å². The van der Waals surface area contributed by atoms with Crippen LogP contribution in [0, 0.1) is 5.41 Å². The van der Waals surface area contributed by atoms with Gasteiger partial charge in [-0.2, -0.15) is 0 Å². The lowest BCUT2D eigenvalue weighted by molar-refractivity contribution is -0.737. The maximum absolute atomic E-state index is 2.48. The summed E-state index contributed by atoms with van der Waals surface area (Å²) in [5.74, 6) is 0. The fourth-order valence-corrected chi connectivity index (χ4v) is 3.26. The Bertz CT molecular complexity index is 408. The second-order valence-electron chi connectivity index (χ2n) is 7.97. The molecule has 0 saturated carbocycles. The smallest absolute Gasteiger partial charge is 0.102 e. The molecule has 2 heteroatoms. The average molecular weight is 292 g/mol. The van der Waals surface area contributed by atoms with E-state index in [0.29, 0.717) is 5.41 Å². The van der Waals surface area contributed by atoms with E-state index in [1.165, 1.54) is 17.7 Å². The second-order valence-corrected chi connectivity index (χ2v) is 7.97. The molecule has 0 fully saturated rings. The first-order chi connectivity index (χ1) is 9.67. The molecule has 1 aromatic rings. The largest absolute Gasteiger partial charge is 0.372 e. The van der Waals surface area contributed by atoms with Crippen molar-refractivity contribution in [3.05, 3.63) is 29.8 Å². The fraction of sp³-hybridized carbons (Fsp3) is 0.684. The highest BCUT2D eigenvalue weighted by Crippen LogP contribution is 2.24. The summed E-state index contributed by atoms with van der Waals surface area (Å²) >= 11 is 0. The summed E-state index contributed by atoms with van der Waals surface area (Å²) in [4.78, 5) is 2.39. The van der Waals surface area contributed by atoms with Gasteiger partial charge in [-0.25, -0.2) is 0 Å². The van der Waals surface area contributed by atoms with Crippen LogP contribution in [0.4, 0.5) is 5.69 Å². The number of nitrogens with zero attached hydrogens (tertiary/aromatic N) is 1.